The molecule has 0 saturated heterocycles. The minimum Gasteiger partial charge on any atom is -0.374 e. The van der Waals surface area contributed by atoms with E-state index in [9.17, 15) is 18.9 Å². The molecule has 0 aliphatic rings. The number of aryl methyl sites for hydroxylation is 2. The van der Waals surface area contributed by atoms with E-state index in [0.717, 1.165) is 6.42 Å². The highest BCUT2D eigenvalue weighted by Gasteiger charge is 2.25. The lowest BCUT2D eigenvalue weighted by Crippen LogP contribution is -2.15. The SMILES string of the molecule is CCCc1nn(C)c(NCCOCC(F)F)c1[N+](=O)[O-]. The van der Waals surface area contributed by atoms with E-state index < -0.39 is 18.0 Å². The molecule has 0 aromatic carbocycles. The summed E-state index contributed by atoms with van der Waals surface area (Å²) in [6.07, 6.45) is -1.26. The van der Waals surface area contributed by atoms with Gasteiger partial charge in [-0.3, -0.25) is 10.1 Å². The number of halogens is 2. The molecule has 0 radical (unpaired) electrons. The van der Waals surface area contributed by atoms with Gasteiger partial charge in [-0.2, -0.15) is 5.10 Å². The number of hydrogen-bond donors (Lipinski definition) is 1. The van der Waals surface area contributed by atoms with E-state index in [-0.39, 0.29) is 24.7 Å². The maximum absolute atomic E-state index is 11.9. The minimum atomic E-state index is -2.52. The van der Waals surface area contributed by atoms with Crippen molar-refractivity contribution in [3.8, 4) is 0 Å². The quantitative estimate of drug-likeness (QED) is 0.427. The second kappa shape index (κ2) is 7.73. The summed E-state index contributed by atoms with van der Waals surface area (Å²) < 4.78 is 29.8. The molecule has 0 bridgehead atoms. The summed E-state index contributed by atoms with van der Waals surface area (Å²) in [6, 6.07) is 0. The van der Waals surface area contributed by atoms with Crippen LogP contribution in [0.2, 0.25) is 0 Å². The number of nitrogens with zero attached hydrogens (tertiary/aromatic N) is 3. The van der Waals surface area contributed by atoms with E-state index in [1.807, 2.05) is 6.92 Å². The van der Waals surface area contributed by atoms with Crippen LogP contribution in [0.15, 0.2) is 0 Å². The summed E-state index contributed by atoms with van der Waals surface area (Å²) >= 11 is 0. The molecular weight excluding hydrogens is 274 g/mol. The van der Waals surface area contributed by atoms with Crippen molar-refractivity contribution in [2.45, 2.75) is 26.2 Å². The average molecular weight is 292 g/mol. The Morgan fingerprint density at radius 1 is 1.55 bits per heavy atom. The zero-order valence-electron chi connectivity index (χ0n) is 11.4. The van der Waals surface area contributed by atoms with Gasteiger partial charge in [0.1, 0.15) is 12.3 Å². The normalized spacial score (nSPS) is 11.1. The molecule has 0 amide bonds. The molecule has 0 aliphatic heterocycles. The van der Waals surface area contributed by atoms with Crippen molar-refractivity contribution >= 4 is 11.5 Å². The molecule has 114 valence electrons. The summed E-state index contributed by atoms with van der Waals surface area (Å²) in [6.45, 7) is 1.49. The van der Waals surface area contributed by atoms with Crippen LogP contribution >= 0.6 is 0 Å². The number of nitrogens with one attached hydrogen (secondary N) is 1. The zero-order valence-corrected chi connectivity index (χ0v) is 11.4. The highest BCUT2D eigenvalue weighted by atomic mass is 19.3. The lowest BCUT2D eigenvalue weighted by atomic mass is 10.2. The van der Waals surface area contributed by atoms with Crippen LogP contribution in [0.4, 0.5) is 20.3 Å². The maximum atomic E-state index is 11.9. The fourth-order valence-corrected chi connectivity index (χ4v) is 1.78. The molecular formula is C11H18F2N4O3. The van der Waals surface area contributed by atoms with Crippen LogP contribution in [0.25, 0.3) is 0 Å². The second-order valence-corrected chi connectivity index (χ2v) is 4.17. The zero-order chi connectivity index (χ0) is 15.1. The number of aromatic nitrogens is 2. The van der Waals surface area contributed by atoms with E-state index in [1.54, 1.807) is 7.05 Å². The van der Waals surface area contributed by atoms with Crippen LogP contribution in [0.3, 0.4) is 0 Å². The smallest absolute Gasteiger partial charge is 0.333 e. The number of anilines is 1. The molecule has 0 aliphatic carbocycles. The topological polar surface area (TPSA) is 82.2 Å². The van der Waals surface area contributed by atoms with E-state index >= 15 is 0 Å². The summed E-state index contributed by atoms with van der Waals surface area (Å²) in [7, 11) is 1.59. The van der Waals surface area contributed by atoms with Crippen LogP contribution in [0.5, 0.6) is 0 Å². The number of hydrogen-bond acceptors (Lipinski definition) is 5. The Labute approximate surface area is 115 Å². The van der Waals surface area contributed by atoms with Gasteiger partial charge in [0.2, 0.25) is 5.82 Å². The van der Waals surface area contributed by atoms with Crippen molar-refractivity contribution < 1.29 is 18.4 Å². The van der Waals surface area contributed by atoms with E-state index in [0.29, 0.717) is 12.1 Å². The van der Waals surface area contributed by atoms with E-state index in [2.05, 4.69) is 10.4 Å². The number of ether oxygens (including phenoxy) is 1. The molecule has 0 spiro atoms. The molecule has 1 rings (SSSR count). The fraction of sp³-hybridized carbons (Fsp3) is 0.727. The third-order valence-electron chi connectivity index (χ3n) is 2.54. The molecule has 7 nitrogen and oxygen atoms in total. The molecule has 0 atom stereocenters. The van der Waals surface area contributed by atoms with E-state index in [4.69, 9.17) is 4.74 Å². The van der Waals surface area contributed by atoms with Gasteiger partial charge in [-0.1, -0.05) is 13.3 Å². The van der Waals surface area contributed by atoms with Crippen molar-refractivity contribution in [2.24, 2.45) is 7.05 Å². The van der Waals surface area contributed by atoms with Crippen molar-refractivity contribution in [1.29, 1.82) is 0 Å². The first-order valence-corrected chi connectivity index (χ1v) is 6.27. The second-order valence-electron chi connectivity index (χ2n) is 4.17. The number of rotatable bonds is 9. The van der Waals surface area contributed by atoms with Crippen LogP contribution in [-0.2, 0) is 18.2 Å². The van der Waals surface area contributed by atoms with Gasteiger partial charge in [0.05, 0.1) is 11.5 Å². The standard InChI is InChI=1S/C11H18F2N4O3/c1-3-4-8-10(17(18)19)11(16(2)15-8)14-5-6-20-7-9(12)13/h9,14H,3-7H2,1-2H3. The van der Waals surface area contributed by atoms with Crippen LogP contribution in [0.1, 0.15) is 19.0 Å². The highest BCUT2D eigenvalue weighted by Crippen LogP contribution is 2.28. The first-order valence-electron chi connectivity index (χ1n) is 6.27. The van der Waals surface area contributed by atoms with Crippen LogP contribution in [-0.4, -0.2) is 40.9 Å². The monoisotopic (exact) mass is 292 g/mol. The third-order valence-corrected chi connectivity index (χ3v) is 2.54. The summed E-state index contributed by atoms with van der Waals surface area (Å²) in [5.74, 6) is 0.263. The van der Waals surface area contributed by atoms with Crippen molar-refractivity contribution in [3.05, 3.63) is 15.8 Å². The molecule has 0 saturated carbocycles. The van der Waals surface area contributed by atoms with Gasteiger partial charge in [0.15, 0.2) is 0 Å². The van der Waals surface area contributed by atoms with Crippen molar-refractivity contribution in [2.75, 3.05) is 25.1 Å². The number of alkyl halides is 2. The predicted molar refractivity (Wildman–Crippen MR) is 69.2 cm³/mol. The Bertz CT molecular complexity index is 451. The highest BCUT2D eigenvalue weighted by molar-refractivity contribution is 5.59. The Morgan fingerprint density at radius 2 is 2.25 bits per heavy atom. The number of nitro groups is 1. The van der Waals surface area contributed by atoms with Gasteiger partial charge >= 0.3 is 5.69 Å². The average Bonchev–Trinajstić information content (AvgIpc) is 2.65. The van der Waals surface area contributed by atoms with Gasteiger partial charge in [-0.15, -0.1) is 0 Å². The van der Waals surface area contributed by atoms with Gasteiger partial charge in [-0.25, -0.2) is 13.5 Å². The molecule has 20 heavy (non-hydrogen) atoms. The summed E-state index contributed by atoms with van der Waals surface area (Å²) in [5, 5.41) is 18.0. The summed E-state index contributed by atoms with van der Waals surface area (Å²) in [5.41, 5.74) is 0.346. The first-order chi connectivity index (χ1) is 9.47. The molecule has 9 heteroatoms. The molecule has 1 heterocycles. The summed E-state index contributed by atoms with van der Waals surface area (Å²) in [4.78, 5) is 10.6. The van der Waals surface area contributed by atoms with Gasteiger partial charge in [0.25, 0.3) is 6.43 Å². The van der Waals surface area contributed by atoms with Gasteiger partial charge in [-0.05, 0) is 6.42 Å². The Kier molecular flexibility index (Phi) is 6.29. The minimum absolute atomic E-state index is 0.0375. The molecule has 1 N–H and O–H groups in total. The Balaban J connectivity index is 2.66. The Morgan fingerprint density at radius 3 is 2.80 bits per heavy atom. The van der Waals surface area contributed by atoms with Crippen LogP contribution in [0, 0.1) is 10.1 Å². The molecule has 0 unspecified atom stereocenters. The largest absolute Gasteiger partial charge is 0.374 e. The van der Waals surface area contributed by atoms with Crippen molar-refractivity contribution in [1.82, 2.24) is 9.78 Å². The van der Waals surface area contributed by atoms with E-state index in [1.165, 1.54) is 4.68 Å². The first kappa shape index (κ1) is 16.3. The van der Waals surface area contributed by atoms with Gasteiger partial charge < -0.3 is 10.1 Å². The lowest BCUT2D eigenvalue weighted by molar-refractivity contribution is -0.384. The van der Waals surface area contributed by atoms with Crippen molar-refractivity contribution in [3.63, 3.8) is 0 Å². The maximum Gasteiger partial charge on any atom is 0.333 e. The predicted octanol–water partition coefficient (Wildman–Crippen LogP) is 1.97. The molecule has 1 aromatic rings. The molecule has 1 aromatic heterocycles. The van der Waals surface area contributed by atoms with Crippen LogP contribution < -0.4 is 5.32 Å². The lowest BCUT2D eigenvalue weighted by Gasteiger charge is -2.06. The molecule has 0 fully saturated rings. The third kappa shape index (κ3) is 4.41. The fourth-order valence-electron chi connectivity index (χ4n) is 1.78. The Hall–Kier alpha value is -1.77. The van der Waals surface area contributed by atoms with Gasteiger partial charge in [0, 0.05) is 13.6 Å².